The topological polar surface area (TPSA) is 12.0 Å². The molecule has 3 heteroatoms. The average Bonchev–Trinajstić information content (AvgIpc) is 3.16. The molecule has 2 rings (SSSR count). The third-order valence-corrected chi connectivity index (χ3v) is 4.31. The fraction of sp³-hybridized carbons (Fsp3) is 0.625. The standard InChI is InChI=1S/C16H23ClFN/c1-11(2)19-10-16(3,13-4-5-13)9-12-8-14(17)6-7-15(12)18/h6-8,11,13,19H,4-5,9-10H2,1-3H3. The number of benzene rings is 1. The van der Waals surface area contributed by atoms with Crippen LogP contribution < -0.4 is 5.32 Å². The molecule has 1 aliphatic rings. The Kier molecular flexibility index (Phi) is 4.52. The summed E-state index contributed by atoms with van der Waals surface area (Å²) in [5, 5.41) is 4.12. The summed E-state index contributed by atoms with van der Waals surface area (Å²) < 4.78 is 13.9. The molecule has 0 amide bonds. The molecular weight excluding hydrogens is 261 g/mol. The minimum atomic E-state index is -0.138. The first-order valence-electron chi connectivity index (χ1n) is 7.08. The lowest BCUT2D eigenvalue weighted by Gasteiger charge is -2.31. The van der Waals surface area contributed by atoms with Crippen LogP contribution in [0.4, 0.5) is 4.39 Å². The summed E-state index contributed by atoms with van der Waals surface area (Å²) in [6.07, 6.45) is 3.28. The van der Waals surface area contributed by atoms with Gasteiger partial charge in [-0.3, -0.25) is 0 Å². The number of rotatable bonds is 6. The first-order chi connectivity index (χ1) is 8.90. The van der Waals surface area contributed by atoms with E-state index < -0.39 is 0 Å². The average molecular weight is 284 g/mol. The lowest BCUT2D eigenvalue weighted by atomic mass is 9.78. The predicted octanol–water partition coefficient (Wildman–Crippen LogP) is 4.44. The summed E-state index contributed by atoms with van der Waals surface area (Å²) in [4.78, 5) is 0. The quantitative estimate of drug-likeness (QED) is 0.814. The number of nitrogens with one attached hydrogen (secondary N) is 1. The smallest absolute Gasteiger partial charge is 0.126 e. The van der Waals surface area contributed by atoms with Gasteiger partial charge in [-0.05, 0) is 54.4 Å². The normalized spacial score (nSPS) is 18.6. The van der Waals surface area contributed by atoms with Gasteiger partial charge in [0.15, 0.2) is 0 Å². The third kappa shape index (κ3) is 3.93. The van der Waals surface area contributed by atoms with Crippen molar-refractivity contribution < 1.29 is 4.39 Å². The molecule has 106 valence electrons. The maximum absolute atomic E-state index is 13.9. The lowest BCUT2D eigenvalue weighted by Crippen LogP contribution is -2.38. The number of halogens is 2. The summed E-state index contributed by atoms with van der Waals surface area (Å²) in [6, 6.07) is 5.32. The molecule has 1 unspecified atom stereocenters. The molecule has 1 aromatic carbocycles. The molecule has 0 heterocycles. The second-order valence-corrected chi connectivity index (χ2v) is 6.81. The molecule has 0 bridgehead atoms. The van der Waals surface area contributed by atoms with Crippen LogP contribution in [0, 0.1) is 17.2 Å². The fourth-order valence-corrected chi connectivity index (χ4v) is 2.88. The summed E-state index contributed by atoms with van der Waals surface area (Å²) in [6.45, 7) is 7.49. The van der Waals surface area contributed by atoms with Crippen LogP contribution in [0.15, 0.2) is 18.2 Å². The summed E-state index contributed by atoms with van der Waals surface area (Å²) in [7, 11) is 0. The molecule has 0 aromatic heterocycles. The minimum Gasteiger partial charge on any atom is -0.314 e. The zero-order valence-corrected chi connectivity index (χ0v) is 12.7. The highest BCUT2D eigenvalue weighted by atomic mass is 35.5. The van der Waals surface area contributed by atoms with Crippen molar-refractivity contribution >= 4 is 11.6 Å². The van der Waals surface area contributed by atoms with E-state index in [-0.39, 0.29) is 11.2 Å². The molecule has 1 aromatic rings. The number of hydrogen-bond donors (Lipinski definition) is 1. The van der Waals surface area contributed by atoms with Crippen LogP contribution in [0.5, 0.6) is 0 Å². The van der Waals surface area contributed by atoms with E-state index in [0.29, 0.717) is 17.0 Å². The van der Waals surface area contributed by atoms with Gasteiger partial charge in [0.05, 0.1) is 0 Å². The van der Waals surface area contributed by atoms with Gasteiger partial charge in [-0.15, -0.1) is 0 Å². The minimum absolute atomic E-state index is 0.121. The first kappa shape index (κ1) is 14.8. The molecule has 1 saturated carbocycles. The van der Waals surface area contributed by atoms with Crippen LogP contribution in [0.1, 0.15) is 39.2 Å². The molecule has 1 fully saturated rings. The Balaban J connectivity index is 2.13. The molecule has 0 spiro atoms. The Bertz CT molecular complexity index is 442. The largest absolute Gasteiger partial charge is 0.314 e. The Morgan fingerprint density at radius 2 is 2.11 bits per heavy atom. The van der Waals surface area contributed by atoms with Crippen molar-refractivity contribution in [3.63, 3.8) is 0 Å². The predicted molar refractivity (Wildman–Crippen MR) is 79.1 cm³/mol. The van der Waals surface area contributed by atoms with Crippen LogP contribution >= 0.6 is 11.6 Å². The van der Waals surface area contributed by atoms with Crippen molar-refractivity contribution in [2.75, 3.05) is 6.54 Å². The van der Waals surface area contributed by atoms with E-state index in [4.69, 9.17) is 11.6 Å². The highest BCUT2D eigenvalue weighted by Crippen LogP contribution is 2.47. The molecule has 1 aliphatic carbocycles. The lowest BCUT2D eigenvalue weighted by molar-refractivity contribution is 0.245. The van der Waals surface area contributed by atoms with Crippen molar-refractivity contribution in [1.82, 2.24) is 5.32 Å². The zero-order chi connectivity index (χ0) is 14.0. The van der Waals surface area contributed by atoms with E-state index in [1.54, 1.807) is 12.1 Å². The van der Waals surface area contributed by atoms with E-state index in [1.165, 1.54) is 18.9 Å². The van der Waals surface area contributed by atoms with Gasteiger partial charge in [0.25, 0.3) is 0 Å². The molecule has 1 atom stereocenters. The summed E-state index contributed by atoms with van der Waals surface area (Å²) >= 11 is 5.99. The van der Waals surface area contributed by atoms with Gasteiger partial charge in [-0.2, -0.15) is 0 Å². The second kappa shape index (κ2) is 5.80. The number of hydrogen-bond acceptors (Lipinski definition) is 1. The third-order valence-electron chi connectivity index (χ3n) is 4.08. The van der Waals surface area contributed by atoms with Crippen LogP contribution in [-0.4, -0.2) is 12.6 Å². The zero-order valence-electron chi connectivity index (χ0n) is 12.0. The Labute approximate surface area is 120 Å². The Morgan fingerprint density at radius 1 is 1.42 bits per heavy atom. The van der Waals surface area contributed by atoms with Gasteiger partial charge in [0.2, 0.25) is 0 Å². The summed E-state index contributed by atoms with van der Waals surface area (Å²) in [5.74, 6) is 0.568. The maximum atomic E-state index is 13.9. The monoisotopic (exact) mass is 283 g/mol. The van der Waals surface area contributed by atoms with E-state index >= 15 is 0 Å². The molecule has 0 radical (unpaired) electrons. The van der Waals surface area contributed by atoms with Crippen molar-refractivity contribution in [2.45, 2.75) is 46.1 Å². The Morgan fingerprint density at radius 3 is 2.68 bits per heavy atom. The van der Waals surface area contributed by atoms with Crippen LogP contribution in [-0.2, 0) is 6.42 Å². The van der Waals surface area contributed by atoms with Gasteiger partial charge in [0, 0.05) is 17.6 Å². The molecule has 1 nitrogen and oxygen atoms in total. The SMILES string of the molecule is CC(C)NCC(C)(Cc1cc(Cl)ccc1F)C1CC1. The first-order valence-corrected chi connectivity index (χ1v) is 7.46. The molecule has 0 saturated heterocycles. The van der Waals surface area contributed by atoms with E-state index in [1.807, 2.05) is 0 Å². The van der Waals surface area contributed by atoms with Crippen LogP contribution in [0.2, 0.25) is 5.02 Å². The second-order valence-electron chi connectivity index (χ2n) is 6.38. The molecule has 0 aliphatic heterocycles. The van der Waals surface area contributed by atoms with Gasteiger partial charge >= 0.3 is 0 Å². The van der Waals surface area contributed by atoms with Crippen LogP contribution in [0.3, 0.4) is 0 Å². The van der Waals surface area contributed by atoms with Gasteiger partial charge in [0.1, 0.15) is 5.82 Å². The van der Waals surface area contributed by atoms with Gasteiger partial charge in [-0.25, -0.2) is 4.39 Å². The molecular formula is C16H23ClFN. The van der Waals surface area contributed by atoms with Crippen LogP contribution in [0.25, 0.3) is 0 Å². The van der Waals surface area contributed by atoms with E-state index in [9.17, 15) is 4.39 Å². The Hall–Kier alpha value is -0.600. The van der Waals surface area contributed by atoms with Crippen molar-refractivity contribution in [2.24, 2.45) is 11.3 Å². The van der Waals surface area contributed by atoms with E-state index in [2.05, 4.69) is 26.1 Å². The highest BCUT2D eigenvalue weighted by Gasteiger charge is 2.41. The van der Waals surface area contributed by atoms with Gasteiger partial charge < -0.3 is 5.32 Å². The highest BCUT2D eigenvalue weighted by molar-refractivity contribution is 6.30. The van der Waals surface area contributed by atoms with E-state index in [0.717, 1.165) is 18.5 Å². The molecule has 19 heavy (non-hydrogen) atoms. The summed E-state index contributed by atoms with van der Waals surface area (Å²) in [5.41, 5.74) is 0.864. The van der Waals surface area contributed by atoms with Crippen molar-refractivity contribution in [3.8, 4) is 0 Å². The van der Waals surface area contributed by atoms with Crippen molar-refractivity contribution in [1.29, 1.82) is 0 Å². The van der Waals surface area contributed by atoms with Crippen molar-refractivity contribution in [3.05, 3.63) is 34.6 Å². The maximum Gasteiger partial charge on any atom is 0.126 e. The fourth-order valence-electron chi connectivity index (χ4n) is 2.68. The van der Waals surface area contributed by atoms with Gasteiger partial charge in [-0.1, -0.05) is 32.4 Å². The molecule has 1 N–H and O–H groups in total.